The van der Waals surface area contributed by atoms with E-state index in [9.17, 15) is 4.79 Å². The van der Waals surface area contributed by atoms with Crippen molar-refractivity contribution in [1.29, 1.82) is 0 Å². The van der Waals surface area contributed by atoms with Gasteiger partial charge in [0.15, 0.2) is 11.7 Å². The number of hydrogen-bond donors (Lipinski definition) is 1. The summed E-state index contributed by atoms with van der Waals surface area (Å²) in [7, 11) is 0. The zero-order valence-electron chi connectivity index (χ0n) is 13.4. The maximum absolute atomic E-state index is 11.9. The topological polar surface area (TPSA) is 78.4 Å². The summed E-state index contributed by atoms with van der Waals surface area (Å²) in [5, 5.41) is 0. The molecule has 0 radical (unpaired) electrons. The third kappa shape index (κ3) is 5.37. The Balaban J connectivity index is 0.00000264. The van der Waals surface area contributed by atoms with Gasteiger partial charge in [-0.2, -0.15) is 0 Å². The molecule has 23 heavy (non-hydrogen) atoms. The number of benzene rings is 1. The molecule has 2 aromatic rings. The van der Waals surface area contributed by atoms with Crippen LogP contribution in [0.1, 0.15) is 32.6 Å². The van der Waals surface area contributed by atoms with Gasteiger partial charge in [-0.3, -0.25) is 4.79 Å². The largest absolute Gasteiger partial charge is 0.461 e. The minimum absolute atomic E-state index is 0. The Morgan fingerprint density at radius 3 is 2.52 bits per heavy atom. The molecule has 0 amide bonds. The molecule has 0 spiro atoms. The fourth-order valence-corrected chi connectivity index (χ4v) is 2.12. The molecule has 1 aromatic heterocycles. The summed E-state index contributed by atoms with van der Waals surface area (Å²) in [4.78, 5) is 16.1. The van der Waals surface area contributed by atoms with Gasteiger partial charge in [-0.25, -0.2) is 4.98 Å². The normalized spacial score (nSPS) is 11.8. The van der Waals surface area contributed by atoms with Gasteiger partial charge in [0.2, 0.25) is 0 Å². The van der Waals surface area contributed by atoms with Gasteiger partial charge in [-0.15, -0.1) is 12.4 Å². The van der Waals surface area contributed by atoms with Crippen LogP contribution in [0, 0.1) is 0 Å². The number of rotatable bonds is 7. The fourth-order valence-electron chi connectivity index (χ4n) is 2.12. The predicted octanol–water partition coefficient (Wildman–Crippen LogP) is 3.37. The first-order valence-electron chi connectivity index (χ1n) is 7.60. The average Bonchev–Trinajstić information content (AvgIpc) is 3.01. The zero-order chi connectivity index (χ0) is 15.9. The first-order chi connectivity index (χ1) is 10.6. The fraction of sp³-hybridized carbons (Fsp3) is 0.412. The van der Waals surface area contributed by atoms with Crippen LogP contribution in [0.25, 0.3) is 11.3 Å². The Labute approximate surface area is 142 Å². The van der Waals surface area contributed by atoms with E-state index in [4.69, 9.17) is 14.9 Å². The van der Waals surface area contributed by atoms with Gasteiger partial charge < -0.3 is 14.9 Å². The number of esters is 1. The number of carbonyl (C=O) groups excluding carboxylic acids is 1. The number of aromatic nitrogens is 1. The molecule has 2 rings (SSSR count). The first kappa shape index (κ1) is 19.2. The van der Waals surface area contributed by atoms with Crippen molar-refractivity contribution in [2.45, 2.75) is 45.3 Å². The number of carbonyl (C=O) groups is 1. The molecule has 0 saturated carbocycles. The molecule has 1 atom stereocenters. The molecular formula is C17H23ClN2O3. The van der Waals surface area contributed by atoms with Crippen LogP contribution in [0.4, 0.5) is 0 Å². The summed E-state index contributed by atoms with van der Waals surface area (Å²) in [5.74, 6) is 0.692. The van der Waals surface area contributed by atoms with Crippen molar-refractivity contribution in [3.05, 3.63) is 42.4 Å². The number of nitrogens with two attached hydrogens (primary N) is 1. The van der Waals surface area contributed by atoms with E-state index in [0.717, 1.165) is 18.4 Å². The van der Waals surface area contributed by atoms with Crippen molar-refractivity contribution in [2.24, 2.45) is 5.73 Å². The van der Waals surface area contributed by atoms with E-state index in [-0.39, 0.29) is 24.9 Å². The van der Waals surface area contributed by atoms with Gasteiger partial charge in [0.25, 0.3) is 0 Å². The van der Waals surface area contributed by atoms with E-state index in [1.807, 2.05) is 44.2 Å². The van der Waals surface area contributed by atoms with Crippen molar-refractivity contribution >= 4 is 18.4 Å². The van der Waals surface area contributed by atoms with E-state index < -0.39 is 12.0 Å². The minimum atomic E-state index is -0.761. The summed E-state index contributed by atoms with van der Waals surface area (Å²) in [6, 6.07) is 8.90. The molecule has 0 aliphatic rings. The second kappa shape index (κ2) is 9.33. The highest BCUT2D eigenvalue weighted by atomic mass is 35.5. The SMILES string of the molecule is CCC(CC)OC(=O)[C@@H](N)Cc1ncc(-c2ccccc2)o1.Cl. The number of ether oxygens (including phenoxy) is 1. The Bertz CT molecular complexity index is 597. The van der Waals surface area contributed by atoms with E-state index in [0.29, 0.717) is 11.7 Å². The van der Waals surface area contributed by atoms with Gasteiger partial charge >= 0.3 is 5.97 Å². The minimum Gasteiger partial charge on any atom is -0.461 e. The Hall–Kier alpha value is -1.85. The smallest absolute Gasteiger partial charge is 0.323 e. The van der Waals surface area contributed by atoms with E-state index in [1.54, 1.807) is 6.20 Å². The number of halogens is 1. The van der Waals surface area contributed by atoms with Crippen LogP contribution in [-0.4, -0.2) is 23.1 Å². The third-order valence-electron chi connectivity index (χ3n) is 3.50. The molecular weight excluding hydrogens is 316 g/mol. The van der Waals surface area contributed by atoms with Crippen molar-refractivity contribution in [3.63, 3.8) is 0 Å². The highest BCUT2D eigenvalue weighted by Gasteiger charge is 2.21. The highest BCUT2D eigenvalue weighted by Crippen LogP contribution is 2.20. The maximum Gasteiger partial charge on any atom is 0.323 e. The molecule has 1 heterocycles. The Kier molecular flexibility index (Phi) is 7.78. The van der Waals surface area contributed by atoms with Crippen molar-refractivity contribution in [1.82, 2.24) is 4.98 Å². The third-order valence-corrected chi connectivity index (χ3v) is 3.50. The van der Waals surface area contributed by atoms with E-state index in [1.165, 1.54) is 0 Å². The van der Waals surface area contributed by atoms with Gasteiger partial charge in [-0.05, 0) is 12.8 Å². The lowest BCUT2D eigenvalue weighted by molar-refractivity contribution is -0.151. The van der Waals surface area contributed by atoms with Crippen LogP contribution >= 0.6 is 12.4 Å². The number of nitrogens with zero attached hydrogens (tertiary/aromatic N) is 1. The van der Waals surface area contributed by atoms with Crippen molar-refractivity contribution in [3.8, 4) is 11.3 Å². The predicted molar refractivity (Wildman–Crippen MR) is 91.3 cm³/mol. The number of hydrogen-bond acceptors (Lipinski definition) is 5. The molecule has 6 heteroatoms. The van der Waals surface area contributed by atoms with Crippen LogP contribution < -0.4 is 5.73 Å². The molecule has 0 bridgehead atoms. The van der Waals surface area contributed by atoms with Crippen LogP contribution in [0.2, 0.25) is 0 Å². The van der Waals surface area contributed by atoms with Crippen LogP contribution in [-0.2, 0) is 16.0 Å². The van der Waals surface area contributed by atoms with Gasteiger partial charge in [0.1, 0.15) is 12.1 Å². The lowest BCUT2D eigenvalue weighted by atomic mass is 10.2. The van der Waals surface area contributed by atoms with Gasteiger partial charge in [0.05, 0.1) is 12.6 Å². The average molecular weight is 339 g/mol. The second-order valence-electron chi connectivity index (χ2n) is 5.17. The van der Waals surface area contributed by atoms with E-state index >= 15 is 0 Å². The molecule has 0 aliphatic carbocycles. The maximum atomic E-state index is 11.9. The van der Waals surface area contributed by atoms with Gasteiger partial charge in [-0.1, -0.05) is 44.2 Å². The lowest BCUT2D eigenvalue weighted by Gasteiger charge is -2.16. The van der Waals surface area contributed by atoms with Crippen LogP contribution in [0.15, 0.2) is 40.9 Å². The molecule has 2 N–H and O–H groups in total. The van der Waals surface area contributed by atoms with Crippen LogP contribution in [0.3, 0.4) is 0 Å². The summed E-state index contributed by atoms with van der Waals surface area (Å²) < 4.78 is 11.0. The summed E-state index contributed by atoms with van der Waals surface area (Å²) in [5.41, 5.74) is 6.82. The van der Waals surface area contributed by atoms with Gasteiger partial charge in [0, 0.05) is 5.56 Å². The summed E-state index contributed by atoms with van der Waals surface area (Å²) >= 11 is 0. The standard InChI is InChI=1S/C17H22N2O3.ClH/c1-3-13(4-2)21-17(20)14(18)10-16-19-11-15(22-16)12-8-6-5-7-9-12;/h5-9,11,13-14H,3-4,10,18H2,1-2H3;1H/t14-;/m0./s1. The molecule has 0 fully saturated rings. The molecule has 1 aromatic carbocycles. The molecule has 126 valence electrons. The number of oxazole rings is 1. The van der Waals surface area contributed by atoms with Crippen molar-refractivity contribution in [2.75, 3.05) is 0 Å². The molecule has 0 unspecified atom stereocenters. The lowest BCUT2D eigenvalue weighted by Crippen LogP contribution is -2.36. The summed E-state index contributed by atoms with van der Waals surface area (Å²) in [6.07, 6.45) is 3.36. The second-order valence-corrected chi connectivity index (χ2v) is 5.17. The Morgan fingerprint density at radius 1 is 1.26 bits per heavy atom. The summed E-state index contributed by atoms with van der Waals surface area (Å²) in [6.45, 7) is 3.96. The monoisotopic (exact) mass is 338 g/mol. The molecule has 5 nitrogen and oxygen atoms in total. The quantitative estimate of drug-likeness (QED) is 0.783. The van der Waals surface area contributed by atoms with E-state index in [2.05, 4.69) is 4.98 Å². The molecule has 0 saturated heterocycles. The zero-order valence-corrected chi connectivity index (χ0v) is 14.2. The highest BCUT2D eigenvalue weighted by molar-refractivity contribution is 5.85. The first-order valence-corrected chi connectivity index (χ1v) is 7.60. The van der Waals surface area contributed by atoms with Crippen molar-refractivity contribution < 1.29 is 13.9 Å². The Morgan fingerprint density at radius 2 is 1.91 bits per heavy atom. The van der Waals surface area contributed by atoms with Crippen LogP contribution in [0.5, 0.6) is 0 Å². The molecule has 0 aliphatic heterocycles.